The van der Waals surface area contributed by atoms with Gasteiger partial charge in [0.2, 0.25) is 0 Å². The molecule has 0 aliphatic rings. The molecule has 0 unspecified atom stereocenters. The fraction of sp³-hybridized carbons (Fsp3) is 0.130. The van der Waals surface area contributed by atoms with E-state index in [-0.39, 0.29) is 12.2 Å². The minimum absolute atomic E-state index is 0.228. The summed E-state index contributed by atoms with van der Waals surface area (Å²) in [6.45, 7) is 0.399. The summed E-state index contributed by atoms with van der Waals surface area (Å²) in [4.78, 5) is 24.3. The lowest BCUT2D eigenvalue weighted by molar-refractivity contribution is -0.137. The Bertz CT molecular complexity index is 904. The number of Topliss-reactive ketones (excluding diaryl/α,β-unsaturated/α-hetero) is 1. The lowest BCUT2D eigenvalue weighted by Gasteiger charge is -2.15. The quantitative estimate of drug-likeness (QED) is 0.591. The van der Waals surface area contributed by atoms with Crippen LogP contribution in [0.5, 0.6) is 5.75 Å². The van der Waals surface area contributed by atoms with E-state index >= 15 is 0 Å². The number of carbonyl (C=O) groups excluding carboxylic acids is 1. The van der Waals surface area contributed by atoms with Gasteiger partial charge in [0.05, 0.1) is 12.3 Å². The van der Waals surface area contributed by atoms with Crippen molar-refractivity contribution in [2.24, 2.45) is 0 Å². The maximum atomic E-state index is 13.0. The first-order valence-electron chi connectivity index (χ1n) is 8.71. The molecule has 3 aromatic carbocycles. The zero-order valence-corrected chi connectivity index (χ0v) is 14.7. The zero-order chi connectivity index (χ0) is 19.1. The summed E-state index contributed by atoms with van der Waals surface area (Å²) in [7, 11) is 0. The standard InChI is InChI=1S/C23H20O4/c24-22(25)15-21(18-10-5-2-6-11-18)23(26)19-12-7-13-20(14-19)27-16-17-8-3-1-4-9-17/h1-14,21H,15-16H2,(H,24,25)/t21-/m0/s1. The molecule has 0 saturated heterocycles. The normalized spacial score (nSPS) is 11.6. The van der Waals surface area contributed by atoms with Gasteiger partial charge in [-0.2, -0.15) is 0 Å². The molecule has 3 rings (SSSR count). The average molecular weight is 360 g/mol. The third-order valence-corrected chi connectivity index (χ3v) is 4.26. The SMILES string of the molecule is O=C(O)C[C@H](C(=O)c1cccc(OCc2ccccc2)c1)c1ccccc1. The molecule has 0 fully saturated rings. The Kier molecular flexibility index (Phi) is 6.00. The van der Waals surface area contributed by atoms with Gasteiger partial charge in [0.15, 0.2) is 5.78 Å². The molecule has 0 amide bonds. The minimum atomic E-state index is -1.01. The molecular weight excluding hydrogens is 340 g/mol. The molecule has 0 bridgehead atoms. The van der Waals surface area contributed by atoms with Gasteiger partial charge in [0.1, 0.15) is 12.4 Å². The van der Waals surface area contributed by atoms with Crippen LogP contribution >= 0.6 is 0 Å². The molecular formula is C23H20O4. The van der Waals surface area contributed by atoms with Gasteiger partial charge in [0.25, 0.3) is 0 Å². The van der Waals surface area contributed by atoms with E-state index in [1.807, 2.05) is 36.4 Å². The molecule has 0 spiro atoms. The fourth-order valence-electron chi connectivity index (χ4n) is 2.90. The summed E-state index contributed by atoms with van der Waals surface area (Å²) < 4.78 is 5.78. The number of hydrogen-bond donors (Lipinski definition) is 1. The summed E-state index contributed by atoms with van der Waals surface area (Å²) in [5.74, 6) is -1.39. The van der Waals surface area contributed by atoms with E-state index in [1.165, 1.54) is 0 Å². The highest BCUT2D eigenvalue weighted by molar-refractivity contribution is 6.02. The number of carboxylic acids is 1. The van der Waals surface area contributed by atoms with Gasteiger partial charge in [0, 0.05) is 5.56 Å². The Morgan fingerprint density at radius 3 is 2.19 bits per heavy atom. The van der Waals surface area contributed by atoms with E-state index in [1.54, 1.807) is 48.5 Å². The van der Waals surface area contributed by atoms with Gasteiger partial charge >= 0.3 is 5.97 Å². The smallest absolute Gasteiger partial charge is 0.304 e. The number of rotatable bonds is 8. The molecule has 0 aromatic heterocycles. The Labute approximate surface area is 158 Å². The van der Waals surface area contributed by atoms with Gasteiger partial charge in [-0.1, -0.05) is 72.8 Å². The first-order valence-corrected chi connectivity index (χ1v) is 8.71. The van der Waals surface area contributed by atoms with Crippen molar-refractivity contribution in [1.29, 1.82) is 0 Å². The minimum Gasteiger partial charge on any atom is -0.489 e. The van der Waals surface area contributed by atoms with Crippen LogP contribution in [-0.2, 0) is 11.4 Å². The maximum Gasteiger partial charge on any atom is 0.304 e. The second-order valence-corrected chi connectivity index (χ2v) is 6.23. The molecule has 1 N–H and O–H groups in total. The lowest BCUT2D eigenvalue weighted by Crippen LogP contribution is -2.17. The number of carboxylic acid groups (broad SMARTS) is 1. The van der Waals surface area contributed by atoms with Gasteiger partial charge in [-0.3, -0.25) is 9.59 Å². The van der Waals surface area contributed by atoms with Gasteiger partial charge < -0.3 is 9.84 Å². The van der Waals surface area contributed by atoms with E-state index < -0.39 is 11.9 Å². The third-order valence-electron chi connectivity index (χ3n) is 4.26. The fourth-order valence-corrected chi connectivity index (χ4v) is 2.90. The van der Waals surface area contributed by atoms with Crippen molar-refractivity contribution in [3.63, 3.8) is 0 Å². The first-order chi connectivity index (χ1) is 13.1. The van der Waals surface area contributed by atoms with Crippen LogP contribution in [0.4, 0.5) is 0 Å². The van der Waals surface area contributed by atoms with Crippen LogP contribution in [-0.4, -0.2) is 16.9 Å². The molecule has 0 saturated carbocycles. The molecule has 4 nitrogen and oxygen atoms in total. The second-order valence-electron chi connectivity index (χ2n) is 6.23. The Balaban J connectivity index is 1.79. The van der Waals surface area contributed by atoms with Crippen molar-refractivity contribution in [3.05, 3.63) is 102 Å². The highest BCUT2D eigenvalue weighted by Gasteiger charge is 2.25. The van der Waals surface area contributed by atoms with Crippen LogP contribution in [0.2, 0.25) is 0 Å². The van der Waals surface area contributed by atoms with Crippen molar-refractivity contribution >= 4 is 11.8 Å². The number of aliphatic carboxylic acids is 1. The highest BCUT2D eigenvalue weighted by Crippen LogP contribution is 2.26. The predicted octanol–water partition coefficient (Wildman–Crippen LogP) is 4.71. The van der Waals surface area contributed by atoms with Crippen LogP contribution in [0, 0.1) is 0 Å². The number of ketones is 1. The van der Waals surface area contributed by atoms with E-state index in [0.717, 1.165) is 5.56 Å². The molecule has 27 heavy (non-hydrogen) atoms. The summed E-state index contributed by atoms with van der Waals surface area (Å²) in [5.41, 5.74) is 2.17. The Morgan fingerprint density at radius 2 is 1.52 bits per heavy atom. The highest BCUT2D eigenvalue weighted by atomic mass is 16.5. The molecule has 0 radical (unpaired) electrons. The summed E-state index contributed by atoms with van der Waals surface area (Å²) >= 11 is 0. The van der Waals surface area contributed by atoms with Crippen LogP contribution in [0.1, 0.15) is 33.8 Å². The van der Waals surface area contributed by atoms with Crippen LogP contribution in [0.25, 0.3) is 0 Å². The summed E-state index contributed by atoms with van der Waals surface area (Å²) in [5, 5.41) is 9.23. The number of hydrogen-bond acceptors (Lipinski definition) is 3. The third kappa shape index (κ3) is 5.05. The molecule has 0 aliphatic carbocycles. The van der Waals surface area contributed by atoms with Crippen molar-refractivity contribution in [2.75, 3.05) is 0 Å². The topological polar surface area (TPSA) is 63.6 Å². The summed E-state index contributed by atoms with van der Waals surface area (Å²) in [6, 6.07) is 25.6. The van der Waals surface area contributed by atoms with E-state index in [4.69, 9.17) is 4.74 Å². The lowest BCUT2D eigenvalue weighted by atomic mass is 9.88. The van der Waals surface area contributed by atoms with E-state index in [2.05, 4.69) is 0 Å². The Morgan fingerprint density at radius 1 is 0.852 bits per heavy atom. The van der Waals surface area contributed by atoms with Gasteiger partial charge in [-0.15, -0.1) is 0 Å². The maximum absolute atomic E-state index is 13.0. The monoisotopic (exact) mass is 360 g/mol. The molecule has 4 heteroatoms. The first kappa shape index (κ1) is 18.4. The summed E-state index contributed by atoms with van der Waals surface area (Å²) in [6.07, 6.45) is -0.252. The largest absolute Gasteiger partial charge is 0.489 e. The van der Waals surface area contributed by atoms with Crippen molar-refractivity contribution in [3.8, 4) is 5.75 Å². The van der Waals surface area contributed by atoms with Crippen LogP contribution in [0.3, 0.4) is 0 Å². The second kappa shape index (κ2) is 8.81. The number of carbonyl (C=O) groups is 2. The van der Waals surface area contributed by atoms with Crippen molar-refractivity contribution < 1.29 is 19.4 Å². The van der Waals surface area contributed by atoms with Crippen LogP contribution in [0.15, 0.2) is 84.9 Å². The van der Waals surface area contributed by atoms with Gasteiger partial charge in [-0.05, 0) is 23.3 Å². The molecule has 0 aliphatic heterocycles. The Hall–Kier alpha value is -3.40. The number of benzene rings is 3. The van der Waals surface area contributed by atoms with E-state index in [9.17, 15) is 14.7 Å². The molecule has 136 valence electrons. The predicted molar refractivity (Wildman–Crippen MR) is 103 cm³/mol. The molecule has 0 heterocycles. The van der Waals surface area contributed by atoms with E-state index in [0.29, 0.717) is 23.5 Å². The molecule has 3 aromatic rings. The zero-order valence-electron chi connectivity index (χ0n) is 14.7. The van der Waals surface area contributed by atoms with Crippen molar-refractivity contribution in [2.45, 2.75) is 18.9 Å². The van der Waals surface area contributed by atoms with Gasteiger partial charge in [-0.25, -0.2) is 0 Å². The van der Waals surface area contributed by atoms with Crippen LogP contribution < -0.4 is 4.74 Å². The number of ether oxygens (including phenoxy) is 1. The molecule has 1 atom stereocenters. The average Bonchev–Trinajstić information content (AvgIpc) is 2.71. The van der Waals surface area contributed by atoms with Crippen molar-refractivity contribution in [1.82, 2.24) is 0 Å².